The second-order valence-electron chi connectivity index (χ2n) is 7.00. The van der Waals surface area contributed by atoms with Gasteiger partial charge in [-0.1, -0.05) is 26.0 Å². The topological polar surface area (TPSA) is 102 Å². The Balaban J connectivity index is 1.53. The molecule has 150 valence electrons. The lowest BCUT2D eigenvalue weighted by atomic mass is 10.1. The van der Waals surface area contributed by atoms with Crippen LogP contribution in [-0.2, 0) is 22.9 Å². The molecule has 0 spiro atoms. The fourth-order valence-electron chi connectivity index (χ4n) is 2.93. The van der Waals surface area contributed by atoms with Crippen LogP contribution in [0.3, 0.4) is 0 Å². The minimum atomic E-state index is -3.76. The standard InChI is InChI=1S/C20H21N5O3S/c1-14(2)17-13-19-21-10-9-18(25(19)23-17)24-29(26,27)16-6-3-15(4-7-16)5-8-20-22-11-12-28-20/h3-4,6-7,9-14,24H,5,8H2,1-2H3. The highest BCUT2D eigenvalue weighted by Gasteiger charge is 2.17. The Labute approximate surface area is 168 Å². The Kier molecular flexibility index (Phi) is 5.06. The van der Waals surface area contributed by atoms with E-state index in [0.29, 0.717) is 30.2 Å². The number of nitrogens with one attached hydrogen (secondary N) is 1. The van der Waals surface area contributed by atoms with Crippen LogP contribution in [-0.4, -0.2) is 28.0 Å². The van der Waals surface area contributed by atoms with Crippen molar-refractivity contribution < 1.29 is 12.8 Å². The van der Waals surface area contributed by atoms with Gasteiger partial charge in [0.1, 0.15) is 12.1 Å². The van der Waals surface area contributed by atoms with Gasteiger partial charge in [0, 0.05) is 18.7 Å². The average molecular weight is 411 g/mol. The lowest BCUT2D eigenvalue weighted by molar-refractivity contribution is 0.494. The smallest absolute Gasteiger partial charge is 0.263 e. The zero-order valence-electron chi connectivity index (χ0n) is 16.1. The molecule has 0 amide bonds. The summed E-state index contributed by atoms with van der Waals surface area (Å²) < 4.78 is 35.0. The van der Waals surface area contributed by atoms with E-state index in [0.717, 1.165) is 11.3 Å². The maximum absolute atomic E-state index is 12.8. The molecule has 3 heterocycles. The number of aromatic nitrogens is 4. The third kappa shape index (κ3) is 4.14. The van der Waals surface area contributed by atoms with Crippen LogP contribution in [0.5, 0.6) is 0 Å². The first-order valence-electron chi connectivity index (χ1n) is 9.27. The summed E-state index contributed by atoms with van der Waals surface area (Å²) in [5.74, 6) is 1.21. The Morgan fingerprint density at radius 1 is 1.07 bits per heavy atom. The molecule has 0 aliphatic rings. The molecular weight excluding hydrogens is 390 g/mol. The van der Waals surface area contributed by atoms with Gasteiger partial charge in [0.25, 0.3) is 10.0 Å². The fraction of sp³-hybridized carbons (Fsp3) is 0.250. The molecule has 0 saturated carbocycles. The van der Waals surface area contributed by atoms with Crippen LogP contribution in [0.2, 0.25) is 0 Å². The van der Waals surface area contributed by atoms with Crippen molar-refractivity contribution >= 4 is 21.5 Å². The van der Waals surface area contributed by atoms with Crippen molar-refractivity contribution in [2.75, 3.05) is 4.72 Å². The zero-order valence-corrected chi connectivity index (χ0v) is 16.9. The summed E-state index contributed by atoms with van der Waals surface area (Å²) in [7, 11) is -3.76. The van der Waals surface area contributed by atoms with E-state index in [-0.39, 0.29) is 10.8 Å². The van der Waals surface area contributed by atoms with Gasteiger partial charge in [0.05, 0.1) is 16.8 Å². The first-order chi connectivity index (χ1) is 13.9. The summed E-state index contributed by atoms with van der Waals surface area (Å²) in [5, 5.41) is 4.47. The van der Waals surface area contributed by atoms with Crippen LogP contribution < -0.4 is 4.72 Å². The molecule has 9 heteroatoms. The minimum Gasteiger partial charge on any atom is -0.449 e. The summed E-state index contributed by atoms with van der Waals surface area (Å²) in [4.78, 5) is 8.52. The SMILES string of the molecule is CC(C)c1cc2nccc(NS(=O)(=O)c3ccc(CCc4ncco4)cc3)n2n1. The number of rotatable bonds is 7. The second-order valence-corrected chi connectivity index (χ2v) is 8.68. The largest absolute Gasteiger partial charge is 0.449 e. The van der Waals surface area contributed by atoms with E-state index in [1.165, 1.54) is 10.8 Å². The fourth-order valence-corrected chi connectivity index (χ4v) is 3.97. The van der Waals surface area contributed by atoms with Gasteiger partial charge < -0.3 is 4.42 Å². The van der Waals surface area contributed by atoms with Gasteiger partial charge in [0.15, 0.2) is 11.5 Å². The van der Waals surface area contributed by atoms with Gasteiger partial charge in [-0.15, -0.1) is 0 Å². The van der Waals surface area contributed by atoms with Crippen molar-refractivity contribution in [3.8, 4) is 0 Å². The molecule has 1 aromatic carbocycles. The van der Waals surface area contributed by atoms with E-state index in [1.54, 1.807) is 42.7 Å². The Bertz CT molecular complexity index is 1210. The molecule has 0 saturated heterocycles. The summed E-state index contributed by atoms with van der Waals surface area (Å²) in [6.07, 6.45) is 6.08. The number of nitrogens with zero attached hydrogens (tertiary/aromatic N) is 4. The molecule has 0 aliphatic carbocycles. The summed E-state index contributed by atoms with van der Waals surface area (Å²) in [6, 6.07) is 10.2. The van der Waals surface area contributed by atoms with E-state index < -0.39 is 10.0 Å². The second kappa shape index (κ2) is 7.67. The molecule has 0 aliphatic heterocycles. The van der Waals surface area contributed by atoms with Crippen LogP contribution in [0.15, 0.2) is 64.4 Å². The average Bonchev–Trinajstić information content (AvgIpc) is 3.37. The number of hydrogen-bond acceptors (Lipinski definition) is 6. The number of fused-ring (bicyclic) bond motifs is 1. The highest BCUT2D eigenvalue weighted by atomic mass is 32.2. The van der Waals surface area contributed by atoms with Crippen molar-refractivity contribution in [3.05, 3.63) is 72.2 Å². The summed E-state index contributed by atoms with van der Waals surface area (Å²) >= 11 is 0. The number of hydrogen-bond donors (Lipinski definition) is 1. The Morgan fingerprint density at radius 3 is 2.55 bits per heavy atom. The quantitative estimate of drug-likeness (QED) is 0.500. The number of oxazole rings is 1. The molecule has 0 radical (unpaired) electrons. The molecule has 4 rings (SSSR count). The first-order valence-corrected chi connectivity index (χ1v) is 10.8. The number of anilines is 1. The van der Waals surface area contributed by atoms with E-state index in [1.807, 2.05) is 19.9 Å². The van der Waals surface area contributed by atoms with E-state index in [4.69, 9.17) is 4.42 Å². The molecule has 0 atom stereocenters. The zero-order chi connectivity index (χ0) is 20.4. The van der Waals surface area contributed by atoms with Gasteiger partial charge in [0.2, 0.25) is 0 Å². The lowest BCUT2D eigenvalue weighted by Gasteiger charge is -2.10. The molecule has 29 heavy (non-hydrogen) atoms. The van der Waals surface area contributed by atoms with Crippen molar-refractivity contribution in [2.45, 2.75) is 37.5 Å². The summed E-state index contributed by atoms with van der Waals surface area (Å²) in [5.41, 5.74) is 2.44. The van der Waals surface area contributed by atoms with Crippen LogP contribution >= 0.6 is 0 Å². The molecule has 0 fully saturated rings. The lowest BCUT2D eigenvalue weighted by Crippen LogP contribution is -2.16. The van der Waals surface area contributed by atoms with Crippen molar-refractivity contribution in [1.29, 1.82) is 0 Å². The normalized spacial score (nSPS) is 12.0. The van der Waals surface area contributed by atoms with Gasteiger partial charge in [-0.25, -0.2) is 18.4 Å². The van der Waals surface area contributed by atoms with E-state index in [9.17, 15) is 8.42 Å². The van der Waals surface area contributed by atoms with E-state index in [2.05, 4.69) is 19.8 Å². The van der Waals surface area contributed by atoms with Crippen LogP contribution in [0.1, 0.15) is 36.9 Å². The number of benzene rings is 1. The van der Waals surface area contributed by atoms with Crippen molar-refractivity contribution in [2.24, 2.45) is 0 Å². The molecule has 1 N–H and O–H groups in total. The van der Waals surface area contributed by atoms with Gasteiger partial charge >= 0.3 is 0 Å². The third-order valence-electron chi connectivity index (χ3n) is 4.55. The van der Waals surface area contributed by atoms with Gasteiger partial charge in [-0.05, 0) is 36.1 Å². The van der Waals surface area contributed by atoms with Crippen molar-refractivity contribution in [3.63, 3.8) is 0 Å². The Hall–Kier alpha value is -3.20. The summed E-state index contributed by atoms with van der Waals surface area (Å²) in [6.45, 7) is 4.05. The predicted octanol–water partition coefficient (Wildman–Crippen LogP) is 3.43. The first kappa shape index (κ1) is 19.1. The monoisotopic (exact) mass is 411 g/mol. The van der Waals surface area contributed by atoms with Gasteiger partial charge in [-0.3, -0.25) is 4.72 Å². The van der Waals surface area contributed by atoms with E-state index >= 15 is 0 Å². The predicted molar refractivity (Wildman–Crippen MR) is 108 cm³/mol. The molecule has 8 nitrogen and oxygen atoms in total. The molecular formula is C20H21N5O3S. The highest BCUT2D eigenvalue weighted by Crippen LogP contribution is 2.20. The van der Waals surface area contributed by atoms with Gasteiger partial charge in [-0.2, -0.15) is 9.61 Å². The molecule has 3 aromatic heterocycles. The molecule has 4 aromatic rings. The number of sulfonamides is 1. The van der Waals surface area contributed by atoms with Crippen LogP contribution in [0.25, 0.3) is 5.65 Å². The molecule has 0 unspecified atom stereocenters. The number of aryl methyl sites for hydroxylation is 2. The maximum atomic E-state index is 12.8. The Morgan fingerprint density at radius 2 is 1.86 bits per heavy atom. The molecule has 0 bridgehead atoms. The highest BCUT2D eigenvalue weighted by molar-refractivity contribution is 7.92. The maximum Gasteiger partial charge on any atom is 0.263 e. The third-order valence-corrected chi connectivity index (χ3v) is 5.92. The van der Waals surface area contributed by atoms with Crippen LogP contribution in [0, 0.1) is 0 Å². The van der Waals surface area contributed by atoms with Crippen LogP contribution in [0.4, 0.5) is 5.82 Å². The minimum absolute atomic E-state index is 0.179. The van der Waals surface area contributed by atoms with Crippen molar-refractivity contribution in [1.82, 2.24) is 19.6 Å².